The molecule has 0 aromatic carbocycles. The lowest BCUT2D eigenvalue weighted by atomic mass is 10.0. The molecule has 0 aliphatic carbocycles. The van der Waals surface area contributed by atoms with Crippen molar-refractivity contribution in [2.24, 2.45) is 0 Å². The predicted octanol–water partition coefficient (Wildman–Crippen LogP) is 17.3. The average molecular weight is 1020 g/mol. The first-order valence-electron chi connectivity index (χ1n) is 29.2. The van der Waals surface area contributed by atoms with Gasteiger partial charge in [-0.2, -0.15) is 0 Å². The molecule has 0 fully saturated rings. The van der Waals surface area contributed by atoms with Gasteiger partial charge in [0, 0.05) is 6.42 Å². The second kappa shape index (κ2) is 53.0. The summed E-state index contributed by atoms with van der Waals surface area (Å²) in [5, 5.41) is 13.8. The van der Waals surface area contributed by atoms with Crippen LogP contribution in [0.15, 0.2) is 109 Å². The molecule has 0 bridgehead atoms. The number of aliphatic hydroxyl groups is 1. The molecule has 9 heteroatoms. The van der Waals surface area contributed by atoms with Crippen molar-refractivity contribution >= 4 is 13.7 Å². The fourth-order valence-corrected chi connectivity index (χ4v) is 8.62. The van der Waals surface area contributed by atoms with Crippen LogP contribution in [0.1, 0.15) is 232 Å². The number of unbranched alkanes of at least 4 members (excludes halogenated alkanes) is 23. The maximum absolute atomic E-state index is 13.0. The Morgan fingerprint density at radius 2 is 0.861 bits per heavy atom. The normalized spacial score (nSPS) is 14.7. The number of carbonyl (C=O) groups is 1. The Balaban J connectivity index is 4.36. The van der Waals surface area contributed by atoms with E-state index in [2.05, 4.69) is 116 Å². The van der Waals surface area contributed by atoms with Crippen molar-refractivity contribution in [1.29, 1.82) is 0 Å². The zero-order valence-corrected chi connectivity index (χ0v) is 48.0. The van der Waals surface area contributed by atoms with E-state index in [1.807, 2.05) is 27.2 Å². The van der Waals surface area contributed by atoms with Crippen molar-refractivity contribution in [2.75, 3.05) is 40.9 Å². The van der Waals surface area contributed by atoms with Crippen molar-refractivity contribution in [1.82, 2.24) is 5.32 Å². The summed E-state index contributed by atoms with van der Waals surface area (Å²) in [6, 6.07) is -0.933. The minimum atomic E-state index is -4.63. The van der Waals surface area contributed by atoms with Crippen LogP contribution in [-0.2, 0) is 18.4 Å². The van der Waals surface area contributed by atoms with Crippen molar-refractivity contribution in [3.8, 4) is 0 Å². The first kappa shape index (κ1) is 69.2. The van der Waals surface area contributed by atoms with Gasteiger partial charge in [-0.15, -0.1) is 0 Å². The molecule has 3 unspecified atom stereocenters. The molecule has 0 heterocycles. The Kier molecular flexibility index (Phi) is 50.9. The molecule has 0 aromatic heterocycles. The number of phosphoric acid groups is 1. The van der Waals surface area contributed by atoms with Gasteiger partial charge < -0.3 is 28.8 Å². The number of nitrogens with one attached hydrogen (secondary N) is 1. The lowest BCUT2D eigenvalue weighted by Gasteiger charge is -2.29. The molecule has 72 heavy (non-hydrogen) atoms. The van der Waals surface area contributed by atoms with Crippen molar-refractivity contribution in [3.05, 3.63) is 109 Å². The lowest BCUT2D eigenvalue weighted by Crippen LogP contribution is -2.45. The maximum Gasteiger partial charge on any atom is 0.268 e. The highest BCUT2D eigenvalue weighted by atomic mass is 31.2. The third-order valence-corrected chi connectivity index (χ3v) is 13.4. The van der Waals surface area contributed by atoms with Crippen molar-refractivity contribution in [3.63, 3.8) is 0 Å². The van der Waals surface area contributed by atoms with Gasteiger partial charge >= 0.3 is 0 Å². The highest BCUT2D eigenvalue weighted by molar-refractivity contribution is 7.45. The van der Waals surface area contributed by atoms with E-state index in [-0.39, 0.29) is 12.5 Å². The van der Waals surface area contributed by atoms with Crippen LogP contribution in [0.2, 0.25) is 0 Å². The first-order valence-corrected chi connectivity index (χ1v) is 30.7. The Labute approximate surface area is 444 Å². The fraction of sp³-hybridized carbons (Fsp3) is 0.698. The first-order chi connectivity index (χ1) is 35.0. The summed E-state index contributed by atoms with van der Waals surface area (Å²) < 4.78 is 23.3. The number of amides is 1. The number of phosphoric ester groups is 1. The van der Waals surface area contributed by atoms with E-state index >= 15 is 0 Å². The average Bonchev–Trinajstić information content (AvgIpc) is 3.34. The predicted molar refractivity (Wildman–Crippen MR) is 311 cm³/mol. The van der Waals surface area contributed by atoms with Gasteiger partial charge in [-0.1, -0.05) is 239 Å². The third-order valence-electron chi connectivity index (χ3n) is 12.4. The van der Waals surface area contributed by atoms with Crippen LogP contribution in [0.5, 0.6) is 0 Å². The summed E-state index contributed by atoms with van der Waals surface area (Å²) in [6.45, 7) is 4.49. The monoisotopic (exact) mass is 1020 g/mol. The smallest absolute Gasteiger partial charge is 0.268 e. The number of quaternary nitrogens is 1. The van der Waals surface area contributed by atoms with Crippen LogP contribution in [0, 0.1) is 0 Å². The molecule has 1 amide bonds. The molecule has 0 spiro atoms. The van der Waals surface area contributed by atoms with Crippen LogP contribution in [0.4, 0.5) is 0 Å². The largest absolute Gasteiger partial charge is 0.756 e. The summed E-state index contributed by atoms with van der Waals surface area (Å²) in [4.78, 5) is 25.5. The number of nitrogens with zero attached hydrogens (tertiary/aromatic N) is 1. The summed E-state index contributed by atoms with van der Waals surface area (Å²) in [6.07, 6.45) is 77.5. The number of hydrogen-bond donors (Lipinski definition) is 2. The molecular formula is C63H111N2O6P. The standard InChI is InChI=1S/C63H111N2O6P/c1-6-8-10-12-14-16-18-20-22-24-26-28-30-31-32-33-35-36-38-40-42-44-46-48-50-52-54-56-62(66)61(60-71-72(68,69)70-59-58-65(3,4)5)64-63(67)57-55-53-51-49-47-45-43-41-39-37-34-29-27-25-23-21-19-17-15-13-11-9-7-2/h9,11,15,17,21,23,27,29,37-40,43,45-46,48,54,56,61-62,66H,6-8,10,12-14,16,18-20,22,24-26,28,30-36,41-42,44,47,49-53,55,57-60H2,1-5H3,(H-,64,67,68,69)/b11-9-,17-15-,23-21-,29-27-,39-37-,40-38+,45-43-,48-46+,56-54+. The van der Waals surface area contributed by atoms with E-state index < -0.39 is 26.6 Å². The summed E-state index contributed by atoms with van der Waals surface area (Å²) in [5.41, 5.74) is 0. The third kappa shape index (κ3) is 54.9. The highest BCUT2D eigenvalue weighted by Gasteiger charge is 2.23. The van der Waals surface area contributed by atoms with Crippen LogP contribution in [-0.4, -0.2) is 68.5 Å². The molecule has 0 aliphatic rings. The van der Waals surface area contributed by atoms with Gasteiger partial charge in [0.2, 0.25) is 5.91 Å². The number of allylic oxidation sites excluding steroid dienone is 17. The number of carbonyl (C=O) groups excluding carboxylic acids is 1. The van der Waals surface area contributed by atoms with Crippen LogP contribution >= 0.6 is 7.82 Å². The molecule has 0 rings (SSSR count). The Morgan fingerprint density at radius 1 is 0.500 bits per heavy atom. The minimum Gasteiger partial charge on any atom is -0.756 e. The number of rotatable bonds is 52. The second-order valence-corrected chi connectivity index (χ2v) is 22.0. The summed E-state index contributed by atoms with van der Waals surface area (Å²) in [7, 11) is 1.20. The highest BCUT2D eigenvalue weighted by Crippen LogP contribution is 2.38. The second-order valence-electron chi connectivity index (χ2n) is 20.6. The SMILES string of the molecule is CC/C=C\C/C=C\C/C=C\C/C=C\C/C=C\C/C=C\CCCCCCC(=O)NC(COP(=O)([O-])OCC[N+](C)(C)C)C(O)/C=C/CC/C=C/CC/C=C/CCCCCCCCCCCCCCCCCCC. The summed E-state index contributed by atoms with van der Waals surface area (Å²) >= 11 is 0. The van der Waals surface area contributed by atoms with Gasteiger partial charge in [-0.3, -0.25) is 9.36 Å². The topological polar surface area (TPSA) is 108 Å². The Hall–Kier alpha value is -2.84. The minimum absolute atomic E-state index is 0.0206. The molecule has 0 radical (unpaired) electrons. The number of aliphatic hydroxyl groups excluding tert-OH is 1. The molecule has 3 atom stereocenters. The Morgan fingerprint density at radius 3 is 1.29 bits per heavy atom. The van der Waals surface area contributed by atoms with Crippen LogP contribution in [0.3, 0.4) is 0 Å². The molecule has 0 aliphatic heterocycles. The Bertz CT molecular complexity index is 1540. The van der Waals surface area contributed by atoms with E-state index in [4.69, 9.17) is 9.05 Å². The molecule has 2 N–H and O–H groups in total. The molecule has 0 saturated heterocycles. The zero-order valence-electron chi connectivity index (χ0n) is 47.1. The van der Waals surface area contributed by atoms with E-state index in [1.165, 1.54) is 116 Å². The van der Waals surface area contributed by atoms with Gasteiger partial charge in [-0.05, 0) is 96.3 Å². The van der Waals surface area contributed by atoms with Gasteiger partial charge in [0.1, 0.15) is 13.2 Å². The van der Waals surface area contributed by atoms with Gasteiger partial charge in [-0.25, -0.2) is 0 Å². The van der Waals surface area contributed by atoms with Crippen LogP contribution in [0.25, 0.3) is 0 Å². The quantitative estimate of drug-likeness (QED) is 0.0272. The molecule has 0 saturated carbocycles. The lowest BCUT2D eigenvalue weighted by molar-refractivity contribution is -0.870. The van der Waals surface area contributed by atoms with E-state index in [0.717, 1.165) is 89.9 Å². The van der Waals surface area contributed by atoms with Gasteiger partial charge in [0.05, 0.1) is 39.9 Å². The van der Waals surface area contributed by atoms with E-state index in [0.29, 0.717) is 23.9 Å². The maximum atomic E-state index is 13.0. The number of likely N-dealkylation sites (N-methyl/N-ethyl adjacent to an activating group) is 1. The number of hydrogen-bond acceptors (Lipinski definition) is 6. The van der Waals surface area contributed by atoms with Crippen LogP contribution < -0.4 is 10.2 Å². The van der Waals surface area contributed by atoms with E-state index in [1.54, 1.807) is 6.08 Å². The van der Waals surface area contributed by atoms with Crippen molar-refractivity contribution in [2.45, 2.75) is 244 Å². The molecule has 414 valence electrons. The van der Waals surface area contributed by atoms with Gasteiger partial charge in [0.25, 0.3) is 7.82 Å². The zero-order chi connectivity index (χ0) is 52.7. The summed E-state index contributed by atoms with van der Waals surface area (Å²) in [5.74, 6) is -0.239. The van der Waals surface area contributed by atoms with E-state index in [9.17, 15) is 19.4 Å². The fourth-order valence-electron chi connectivity index (χ4n) is 7.89. The molecular weight excluding hydrogens is 912 g/mol. The molecule has 8 nitrogen and oxygen atoms in total. The molecule has 0 aromatic rings. The van der Waals surface area contributed by atoms with Crippen molar-refractivity contribution < 1.29 is 32.9 Å². The van der Waals surface area contributed by atoms with Gasteiger partial charge in [0.15, 0.2) is 0 Å².